The minimum atomic E-state index is -3.15. The SMILES string of the molecule is O=S1(=O)C=C2C(c3ccc(Oc4ccccc4)cc3)=CC=CN2CC1. The number of nitrogens with zero attached hydrogens (tertiary/aromatic N) is 1. The van der Waals surface area contributed by atoms with Crippen LogP contribution in [0.3, 0.4) is 0 Å². The van der Waals surface area contributed by atoms with Crippen LogP contribution in [0.2, 0.25) is 0 Å². The van der Waals surface area contributed by atoms with E-state index >= 15 is 0 Å². The first-order valence-corrected chi connectivity index (χ1v) is 9.76. The van der Waals surface area contributed by atoms with E-state index in [1.807, 2.05) is 77.8 Å². The number of benzene rings is 2. The third kappa shape index (κ3) is 3.37. The smallest absolute Gasteiger partial charge is 0.175 e. The van der Waals surface area contributed by atoms with Crippen molar-refractivity contribution in [2.45, 2.75) is 0 Å². The topological polar surface area (TPSA) is 46.6 Å². The molecule has 0 saturated carbocycles. The highest BCUT2D eigenvalue weighted by atomic mass is 32.2. The van der Waals surface area contributed by atoms with Crippen LogP contribution in [0.15, 0.2) is 84.1 Å². The average Bonchev–Trinajstić information content (AvgIpc) is 2.62. The summed E-state index contributed by atoms with van der Waals surface area (Å²) in [7, 11) is -3.15. The van der Waals surface area contributed by atoms with Gasteiger partial charge in [-0.25, -0.2) is 8.42 Å². The van der Waals surface area contributed by atoms with Crippen molar-refractivity contribution in [2.24, 2.45) is 0 Å². The standard InChI is InChI=1S/C20H17NO3S/c22-25(23)14-13-21-12-4-7-19(20(21)15-25)16-8-10-18(11-9-16)24-17-5-2-1-3-6-17/h1-12,15H,13-14H2. The Morgan fingerprint density at radius 1 is 0.920 bits per heavy atom. The molecule has 25 heavy (non-hydrogen) atoms. The molecule has 0 fully saturated rings. The zero-order valence-corrected chi connectivity index (χ0v) is 14.3. The molecule has 0 N–H and O–H groups in total. The quantitative estimate of drug-likeness (QED) is 0.840. The van der Waals surface area contributed by atoms with Crippen LogP contribution < -0.4 is 4.74 Å². The molecule has 2 aromatic rings. The summed E-state index contributed by atoms with van der Waals surface area (Å²) >= 11 is 0. The lowest BCUT2D eigenvalue weighted by molar-refractivity contribution is 0.482. The van der Waals surface area contributed by atoms with E-state index in [4.69, 9.17) is 4.74 Å². The van der Waals surface area contributed by atoms with Crippen molar-refractivity contribution in [3.63, 3.8) is 0 Å². The average molecular weight is 351 g/mol. The fourth-order valence-electron chi connectivity index (χ4n) is 2.92. The van der Waals surface area contributed by atoms with Gasteiger partial charge in [0.2, 0.25) is 0 Å². The highest BCUT2D eigenvalue weighted by molar-refractivity contribution is 7.94. The summed E-state index contributed by atoms with van der Waals surface area (Å²) in [5, 5.41) is 1.38. The molecule has 0 saturated heterocycles. The molecule has 4 rings (SSSR count). The van der Waals surface area contributed by atoms with Crippen molar-refractivity contribution in [2.75, 3.05) is 12.3 Å². The van der Waals surface area contributed by atoms with Gasteiger partial charge in [-0.3, -0.25) is 0 Å². The first kappa shape index (κ1) is 15.7. The lowest BCUT2D eigenvalue weighted by Gasteiger charge is -2.31. The largest absolute Gasteiger partial charge is 0.457 e. The van der Waals surface area contributed by atoms with Crippen LogP contribution in [0, 0.1) is 0 Å². The van der Waals surface area contributed by atoms with Gasteiger partial charge in [0, 0.05) is 18.3 Å². The molecular weight excluding hydrogens is 334 g/mol. The second-order valence-electron chi connectivity index (χ2n) is 5.92. The molecule has 0 unspecified atom stereocenters. The molecular formula is C20H17NO3S. The Balaban J connectivity index is 1.62. The van der Waals surface area contributed by atoms with Gasteiger partial charge in [0.25, 0.3) is 0 Å². The normalized spacial score (nSPS) is 18.2. The number of hydrogen-bond donors (Lipinski definition) is 0. The number of ether oxygens (including phenoxy) is 1. The monoisotopic (exact) mass is 351 g/mol. The molecule has 2 aromatic carbocycles. The molecule has 0 atom stereocenters. The number of hydrogen-bond acceptors (Lipinski definition) is 4. The highest BCUT2D eigenvalue weighted by Gasteiger charge is 2.25. The highest BCUT2D eigenvalue weighted by Crippen LogP contribution is 2.33. The van der Waals surface area contributed by atoms with Gasteiger partial charge in [0.15, 0.2) is 9.84 Å². The minimum Gasteiger partial charge on any atom is -0.457 e. The first-order valence-electron chi connectivity index (χ1n) is 8.04. The van der Waals surface area contributed by atoms with E-state index in [1.54, 1.807) is 0 Å². The van der Waals surface area contributed by atoms with Crippen molar-refractivity contribution in [1.29, 1.82) is 0 Å². The maximum absolute atomic E-state index is 12.0. The Labute approximate surface area is 147 Å². The van der Waals surface area contributed by atoms with Crippen LogP contribution in [0.25, 0.3) is 5.57 Å². The molecule has 0 amide bonds. The van der Waals surface area contributed by atoms with Gasteiger partial charge in [0.1, 0.15) is 11.5 Å². The number of fused-ring (bicyclic) bond motifs is 1. The van der Waals surface area contributed by atoms with Gasteiger partial charge in [-0.2, -0.15) is 0 Å². The van der Waals surface area contributed by atoms with Crippen LogP contribution in [-0.4, -0.2) is 25.6 Å². The molecule has 4 nitrogen and oxygen atoms in total. The van der Waals surface area contributed by atoms with E-state index in [0.29, 0.717) is 6.54 Å². The maximum Gasteiger partial charge on any atom is 0.175 e. The lowest BCUT2D eigenvalue weighted by Crippen LogP contribution is -2.30. The van der Waals surface area contributed by atoms with E-state index in [9.17, 15) is 8.42 Å². The van der Waals surface area contributed by atoms with Gasteiger partial charge in [-0.15, -0.1) is 0 Å². The number of rotatable bonds is 3. The first-order chi connectivity index (χ1) is 12.1. The van der Waals surface area contributed by atoms with Crippen LogP contribution in [0.5, 0.6) is 11.5 Å². The Morgan fingerprint density at radius 3 is 2.40 bits per heavy atom. The van der Waals surface area contributed by atoms with E-state index in [-0.39, 0.29) is 5.75 Å². The van der Waals surface area contributed by atoms with Crippen LogP contribution in [0.4, 0.5) is 0 Å². The molecule has 126 valence electrons. The van der Waals surface area contributed by atoms with Crippen molar-refractivity contribution < 1.29 is 13.2 Å². The van der Waals surface area contributed by atoms with Crippen molar-refractivity contribution in [3.05, 3.63) is 89.6 Å². The van der Waals surface area contributed by atoms with E-state index < -0.39 is 9.84 Å². The zero-order chi connectivity index (χ0) is 17.3. The van der Waals surface area contributed by atoms with Gasteiger partial charge in [0.05, 0.1) is 16.9 Å². The van der Waals surface area contributed by atoms with Gasteiger partial charge >= 0.3 is 0 Å². The summed E-state index contributed by atoms with van der Waals surface area (Å²) in [6, 6.07) is 17.3. The summed E-state index contributed by atoms with van der Waals surface area (Å²) in [5.74, 6) is 1.67. The molecule has 0 aromatic heterocycles. The zero-order valence-electron chi connectivity index (χ0n) is 13.5. The molecule has 5 heteroatoms. The Kier molecular flexibility index (Phi) is 3.93. The molecule has 0 bridgehead atoms. The molecule has 2 aliphatic heterocycles. The van der Waals surface area contributed by atoms with E-state index in [1.165, 1.54) is 5.41 Å². The van der Waals surface area contributed by atoms with Crippen LogP contribution in [0.1, 0.15) is 5.56 Å². The van der Waals surface area contributed by atoms with Gasteiger partial charge in [-0.1, -0.05) is 36.4 Å². The number of sulfone groups is 1. The van der Waals surface area contributed by atoms with Crippen LogP contribution in [-0.2, 0) is 9.84 Å². The second-order valence-corrected chi connectivity index (χ2v) is 7.89. The Morgan fingerprint density at radius 2 is 1.64 bits per heavy atom. The number of allylic oxidation sites excluding steroid dienone is 3. The Hall–Kier alpha value is -2.79. The van der Waals surface area contributed by atoms with Gasteiger partial charge in [-0.05, 0) is 35.9 Å². The van der Waals surface area contributed by atoms with Crippen molar-refractivity contribution >= 4 is 15.4 Å². The fourth-order valence-corrected chi connectivity index (χ4v) is 4.09. The maximum atomic E-state index is 12.0. The predicted octanol–water partition coefficient (Wildman–Crippen LogP) is 3.96. The summed E-state index contributed by atoms with van der Waals surface area (Å²) in [6.45, 7) is 0.483. The van der Waals surface area contributed by atoms with Gasteiger partial charge < -0.3 is 9.64 Å². The minimum absolute atomic E-state index is 0.151. The molecule has 2 heterocycles. The van der Waals surface area contributed by atoms with Crippen molar-refractivity contribution in [1.82, 2.24) is 4.90 Å². The van der Waals surface area contributed by atoms with Crippen LogP contribution >= 0.6 is 0 Å². The molecule has 0 spiro atoms. The van der Waals surface area contributed by atoms with E-state index in [0.717, 1.165) is 28.3 Å². The molecule has 2 aliphatic rings. The predicted molar refractivity (Wildman–Crippen MR) is 98.7 cm³/mol. The summed E-state index contributed by atoms with van der Waals surface area (Å²) < 4.78 is 29.7. The van der Waals surface area contributed by atoms with Crippen molar-refractivity contribution in [3.8, 4) is 11.5 Å². The van der Waals surface area contributed by atoms with E-state index in [2.05, 4.69) is 0 Å². The third-order valence-corrected chi connectivity index (χ3v) is 5.50. The molecule has 0 radical (unpaired) electrons. The second kappa shape index (κ2) is 6.26. The Bertz CT molecular complexity index is 971. The lowest BCUT2D eigenvalue weighted by atomic mass is 10.00. The third-order valence-electron chi connectivity index (χ3n) is 4.17. The summed E-state index contributed by atoms with van der Waals surface area (Å²) in [5.41, 5.74) is 2.58. The fraction of sp³-hybridized carbons (Fsp3) is 0.100. The molecule has 0 aliphatic carbocycles. The summed E-state index contributed by atoms with van der Waals surface area (Å²) in [6.07, 6.45) is 5.80. The number of para-hydroxylation sites is 1. The summed E-state index contributed by atoms with van der Waals surface area (Å²) in [4.78, 5) is 1.98.